The van der Waals surface area contributed by atoms with Gasteiger partial charge in [-0.15, -0.1) is 0 Å². The maximum Gasteiger partial charge on any atom is 0.429 e. The molecule has 2 fully saturated rings. The van der Waals surface area contributed by atoms with E-state index in [-0.39, 0.29) is 20.0 Å². The summed E-state index contributed by atoms with van der Waals surface area (Å²) in [5, 5.41) is 0. The van der Waals surface area contributed by atoms with Crippen molar-refractivity contribution in [3.63, 3.8) is 0 Å². The Labute approximate surface area is 129 Å². The predicted molar refractivity (Wildman–Crippen MR) is 57.6 cm³/mol. The highest BCUT2D eigenvalue weighted by atomic mass is 19.4. The lowest BCUT2D eigenvalue weighted by molar-refractivity contribution is -0.461. The zero-order valence-corrected chi connectivity index (χ0v) is 11.9. The number of rotatable bonds is 5. The maximum atomic E-state index is 14.3. The van der Waals surface area contributed by atoms with Gasteiger partial charge in [0, 0.05) is 11.8 Å². The Morgan fingerprint density at radius 1 is 1.00 bits per heavy atom. The Kier molecular flexibility index (Phi) is 4.10. The molecule has 12 heteroatoms. The monoisotopic (exact) mass is 374 g/mol. The number of alkyl halides is 9. The van der Waals surface area contributed by atoms with Gasteiger partial charge < -0.3 is 4.74 Å². The summed E-state index contributed by atoms with van der Waals surface area (Å²) in [7, 11) is 0.214. The van der Waals surface area contributed by atoms with E-state index >= 15 is 0 Å². The van der Waals surface area contributed by atoms with Gasteiger partial charge in [0.05, 0.1) is 7.11 Å². The van der Waals surface area contributed by atoms with E-state index in [0.717, 1.165) is 0 Å². The van der Waals surface area contributed by atoms with Crippen molar-refractivity contribution in [2.75, 3.05) is 7.11 Å². The molecule has 2 rings (SSSR count). The van der Waals surface area contributed by atoms with Gasteiger partial charge >= 0.3 is 29.8 Å². The molecule has 0 aliphatic heterocycles. The lowest BCUT2D eigenvalue weighted by Gasteiger charge is -2.40. The second-order valence-electron chi connectivity index (χ2n) is 5.73. The van der Waals surface area contributed by atoms with Gasteiger partial charge in [-0.05, 0) is 19.3 Å². The lowest BCUT2D eigenvalue weighted by atomic mass is 9.91. The Morgan fingerprint density at radius 3 is 1.92 bits per heavy atom. The topological polar surface area (TPSA) is 35.5 Å². The third-order valence-corrected chi connectivity index (χ3v) is 4.40. The molecule has 0 aromatic heterocycles. The molecule has 0 amide bonds. The summed E-state index contributed by atoms with van der Waals surface area (Å²) in [6, 6.07) is 0. The SMILES string of the molecule is COC(=O)C(F)(F)C(F)(F)C(F)(F)OC1(F)C2CCC(C2)C1(F)F. The largest absolute Gasteiger partial charge is 0.464 e. The standard InChI is InChI=1S/C12H11F9O3/c1-23-7(22)9(15,16)11(18,19)12(20,21)24-10(17)6-3-2-5(4-6)8(10,13)14/h5-6H,2-4H2,1H3. The predicted octanol–water partition coefficient (Wildman–Crippen LogP) is 3.77. The average Bonchev–Trinajstić information content (AvgIpc) is 3.00. The molecule has 3 nitrogen and oxygen atoms in total. The van der Waals surface area contributed by atoms with Gasteiger partial charge in [0.1, 0.15) is 0 Å². The van der Waals surface area contributed by atoms with Crippen LogP contribution < -0.4 is 0 Å². The van der Waals surface area contributed by atoms with Crippen LogP contribution in [0.15, 0.2) is 0 Å². The fraction of sp³-hybridized carbons (Fsp3) is 0.917. The van der Waals surface area contributed by atoms with Gasteiger partial charge in [0.2, 0.25) is 0 Å². The van der Waals surface area contributed by atoms with Crippen LogP contribution in [0.1, 0.15) is 19.3 Å². The van der Waals surface area contributed by atoms with Gasteiger partial charge in [-0.1, -0.05) is 0 Å². The fourth-order valence-corrected chi connectivity index (χ4v) is 3.04. The zero-order valence-electron chi connectivity index (χ0n) is 11.9. The van der Waals surface area contributed by atoms with Crippen LogP contribution in [-0.4, -0.2) is 42.8 Å². The number of carbonyl (C=O) groups excluding carboxylic acids is 1. The number of esters is 1. The molecule has 0 heterocycles. The highest BCUT2D eigenvalue weighted by Crippen LogP contribution is 2.64. The summed E-state index contributed by atoms with van der Waals surface area (Å²) in [5.41, 5.74) is 0. The number of ether oxygens (including phenoxy) is 2. The van der Waals surface area contributed by atoms with E-state index in [4.69, 9.17) is 0 Å². The summed E-state index contributed by atoms with van der Waals surface area (Å²) in [5.74, 6) is -28.5. The van der Waals surface area contributed by atoms with Gasteiger partial charge in [-0.25, -0.2) is 9.18 Å². The molecule has 2 aliphatic rings. The van der Waals surface area contributed by atoms with Crippen molar-refractivity contribution >= 4 is 5.97 Å². The van der Waals surface area contributed by atoms with Crippen LogP contribution in [-0.2, 0) is 14.3 Å². The second-order valence-corrected chi connectivity index (χ2v) is 5.73. The average molecular weight is 374 g/mol. The quantitative estimate of drug-likeness (QED) is 0.543. The summed E-state index contributed by atoms with van der Waals surface area (Å²) in [6.45, 7) is 0. The Balaban J connectivity index is 2.35. The van der Waals surface area contributed by atoms with Crippen molar-refractivity contribution < 1.29 is 53.8 Å². The normalized spacial score (nSPS) is 32.9. The molecule has 0 aromatic rings. The zero-order chi connectivity index (χ0) is 18.8. The van der Waals surface area contributed by atoms with E-state index in [1.54, 1.807) is 0 Å². The first-order chi connectivity index (χ1) is 10.6. The minimum atomic E-state index is -6.62. The van der Waals surface area contributed by atoms with Crippen LogP contribution in [0, 0.1) is 11.8 Å². The van der Waals surface area contributed by atoms with Crippen LogP contribution in [0.25, 0.3) is 0 Å². The lowest BCUT2D eigenvalue weighted by Crippen LogP contribution is -2.64. The maximum absolute atomic E-state index is 14.3. The van der Waals surface area contributed by atoms with Gasteiger partial charge in [-0.3, -0.25) is 4.74 Å². The minimum Gasteiger partial charge on any atom is -0.464 e. The summed E-state index contributed by atoms with van der Waals surface area (Å²) >= 11 is 0. The number of hydrogen-bond donors (Lipinski definition) is 0. The number of hydrogen-bond acceptors (Lipinski definition) is 3. The Bertz CT molecular complexity index is 536. The van der Waals surface area contributed by atoms with E-state index in [0.29, 0.717) is 0 Å². The molecule has 2 bridgehead atoms. The van der Waals surface area contributed by atoms with Gasteiger partial charge in [0.25, 0.3) is 5.85 Å². The molecule has 2 aliphatic carbocycles. The number of methoxy groups -OCH3 is 1. The molecule has 0 radical (unpaired) electrons. The first kappa shape index (κ1) is 19.1. The summed E-state index contributed by atoms with van der Waals surface area (Å²) < 4.78 is 128. The summed E-state index contributed by atoms with van der Waals surface area (Å²) in [6.07, 6.45) is -7.61. The Morgan fingerprint density at radius 2 is 1.50 bits per heavy atom. The highest BCUT2D eigenvalue weighted by Gasteiger charge is 2.82. The molecule has 0 saturated heterocycles. The molecular weight excluding hydrogens is 363 g/mol. The molecule has 3 atom stereocenters. The molecule has 3 unspecified atom stereocenters. The molecule has 0 spiro atoms. The second kappa shape index (κ2) is 5.15. The first-order valence-corrected chi connectivity index (χ1v) is 6.64. The van der Waals surface area contributed by atoms with E-state index in [9.17, 15) is 44.3 Å². The van der Waals surface area contributed by atoms with Gasteiger partial charge in [0.15, 0.2) is 0 Å². The number of carbonyl (C=O) groups is 1. The minimum absolute atomic E-state index is 0.214. The van der Waals surface area contributed by atoms with E-state index in [2.05, 4.69) is 9.47 Å². The number of fused-ring (bicyclic) bond motifs is 2. The third kappa shape index (κ3) is 2.21. The third-order valence-electron chi connectivity index (χ3n) is 4.40. The van der Waals surface area contributed by atoms with Crippen LogP contribution in [0.3, 0.4) is 0 Å². The molecule has 0 N–H and O–H groups in total. The van der Waals surface area contributed by atoms with Crippen molar-refractivity contribution in [3.8, 4) is 0 Å². The fourth-order valence-electron chi connectivity index (χ4n) is 3.04. The first-order valence-electron chi connectivity index (χ1n) is 6.64. The van der Waals surface area contributed by atoms with Crippen molar-refractivity contribution in [3.05, 3.63) is 0 Å². The van der Waals surface area contributed by atoms with Crippen LogP contribution in [0.5, 0.6) is 0 Å². The van der Waals surface area contributed by atoms with Crippen molar-refractivity contribution in [1.29, 1.82) is 0 Å². The molecular formula is C12H11F9O3. The van der Waals surface area contributed by atoms with Crippen molar-refractivity contribution in [2.45, 2.75) is 49.0 Å². The van der Waals surface area contributed by atoms with Crippen LogP contribution >= 0.6 is 0 Å². The molecule has 0 aromatic carbocycles. The van der Waals surface area contributed by atoms with Crippen LogP contribution in [0.4, 0.5) is 39.5 Å². The van der Waals surface area contributed by atoms with E-state index < -0.39 is 54.0 Å². The summed E-state index contributed by atoms with van der Waals surface area (Å²) in [4.78, 5) is 10.6. The van der Waals surface area contributed by atoms with E-state index in [1.807, 2.05) is 0 Å². The molecule has 24 heavy (non-hydrogen) atoms. The van der Waals surface area contributed by atoms with Crippen LogP contribution in [0.2, 0.25) is 0 Å². The van der Waals surface area contributed by atoms with Crippen molar-refractivity contribution in [1.82, 2.24) is 0 Å². The van der Waals surface area contributed by atoms with Gasteiger partial charge in [-0.2, -0.15) is 35.1 Å². The molecule has 140 valence electrons. The smallest absolute Gasteiger partial charge is 0.429 e. The van der Waals surface area contributed by atoms with E-state index in [1.165, 1.54) is 0 Å². The Hall–Kier alpha value is -1.20. The highest BCUT2D eigenvalue weighted by molar-refractivity contribution is 5.79. The van der Waals surface area contributed by atoms with Crippen molar-refractivity contribution in [2.24, 2.45) is 11.8 Å². The number of halogens is 9. The molecule has 2 saturated carbocycles.